The maximum absolute atomic E-state index is 13.5. The summed E-state index contributed by atoms with van der Waals surface area (Å²) in [6.07, 6.45) is 2.35. The van der Waals surface area contributed by atoms with Crippen LogP contribution in [0.4, 0.5) is 4.39 Å². The molecule has 0 spiro atoms. The Kier molecular flexibility index (Phi) is 3.90. The molecule has 0 radical (unpaired) electrons. The van der Waals surface area contributed by atoms with Crippen LogP contribution in [-0.2, 0) is 6.42 Å². The molecular weight excluding hydrogens is 319 g/mol. The van der Waals surface area contributed by atoms with E-state index in [-0.39, 0.29) is 5.82 Å². The van der Waals surface area contributed by atoms with Crippen molar-refractivity contribution in [2.75, 3.05) is 0 Å². The molecule has 0 aromatic heterocycles. The Labute approximate surface area is 126 Å². The van der Waals surface area contributed by atoms with E-state index in [1.165, 1.54) is 24.5 Å². The van der Waals surface area contributed by atoms with Crippen molar-refractivity contribution in [1.29, 1.82) is 0 Å². The zero-order chi connectivity index (χ0) is 14.1. The monoisotopic (exact) mass is 334 g/mol. The van der Waals surface area contributed by atoms with Gasteiger partial charge in [0.15, 0.2) is 0 Å². The van der Waals surface area contributed by atoms with Gasteiger partial charge in [0, 0.05) is 6.42 Å². The van der Waals surface area contributed by atoms with Crippen LogP contribution in [0.25, 0.3) is 0 Å². The summed E-state index contributed by atoms with van der Waals surface area (Å²) in [7, 11) is 0. The van der Waals surface area contributed by atoms with Crippen molar-refractivity contribution >= 4 is 15.9 Å². The Bertz CT molecular complexity index is 605. The fraction of sp³-hybridized carbons (Fsp3) is 0.294. The van der Waals surface area contributed by atoms with Crippen molar-refractivity contribution < 1.29 is 9.50 Å². The van der Waals surface area contributed by atoms with E-state index in [0.29, 0.717) is 10.9 Å². The van der Waals surface area contributed by atoms with Gasteiger partial charge in [-0.2, -0.15) is 0 Å². The lowest BCUT2D eigenvalue weighted by atomic mass is 9.99. The van der Waals surface area contributed by atoms with Gasteiger partial charge >= 0.3 is 0 Å². The number of hydrogen-bond acceptors (Lipinski definition) is 1. The molecule has 2 aromatic carbocycles. The van der Waals surface area contributed by atoms with Crippen molar-refractivity contribution in [2.45, 2.75) is 31.3 Å². The summed E-state index contributed by atoms with van der Waals surface area (Å²) < 4.78 is 13.9. The van der Waals surface area contributed by atoms with Gasteiger partial charge < -0.3 is 5.11 Å². The van der Waals surface area contributed by atoms with E-state index < -0.39 is 6.10 Å². The van der Waals surface area contributed by atoms with E-state index in [1.54, 1.807) is 6.07 Å². The Morgan fingerprint density at radius 3 is 2.50 bits per heavy atom. The second-order valence-electron chi connectivity index (χ2n) is 5.37. The normalized spacial score (nSPS) is 16.1. The lowest BCUT2D eigenvalue weighted by Crippen LogP contribution is -2.03. The Hall–Kier alpha value is -1.19. The zero-order valence-electron chi connectivity index (χ0n) is 11.0. The third-order valence-electron chi connectivity index (χ3n) is 3.81. The molecule has 0 bridgehead atoms. The highest BCUT2D eigenvalue weighted by molar-refractivity contribution is 9.10. The Balaban J connectivity index is 1.74. The molecule has 1 unspecified atom stereocenters. The van der Waals surface area contributed by atoms with Crippen LogP contribution in [0.5, 0.6) is 0 Å². The number of hydrogen-bond donors (Lipinski definition) is 1. The Morgan fingerprint density at radius 1 is 1.15 bits per heavy atom. The molecule has 2 aromatic rings. The molecule has 3 rings (SSSR count). The van der Waals surface area contributed by atoms with E-state index in [2.05, 4.69) is 28.1 Å². The SMILES string of the molecule is OC(Cc1cccc(F)c1Br)c1ccc(C2CC2)cc1. The molecule has 1 nitrogen and oxygen atoms in total. The summed E-state index contributed by atoms with van der Waals surface area (Å²) in [5.41, 5.74) is 3.02. The molecule has 0 aliphatic heterocycles. The zero-order valence-corrected chi connectivity index (χ0v) is 12.6. The van der Waals surface area contributed by atoms with Gasteiger partial charge in [-0.3, -0.25) is 0 Å². The molecule has 104 valence electrons. The van der Waals surface area contributed by atoms with Crippen LogP contribution in [-0.4, -0.2) is 5.11 Å². The minimum atomic E-state index is -0.610. The average molecular weight is 335 g/mol. The van der Waals surface area contributed by atoms with E-state index in [9.17, 15) is 9.50 Å². The quantitative estimate of drug-likeness (QED) is 0.855. The fourth-order valence-corrected chi connectivity index (χ4v) is 2.87. The van der Waals surface area contributed by atoms with Gasteiger partial charge in [-0.25, -0.2) is 4.39 Å². The fourth-order valence-electron chi connectivity index (χ4n) is 2.44. The molecule has 1 atom stereocenters. The van der Waals surface area contributed by atoms with Crippen LogP contribution in [0.2, 0.25) is 0 Å². The summed E-state index contributed by atoms with van der Waals surface area (Å²) in [6, 6.07) is 13.0. The predicted molar refractivity (Wildman–Crippen MR) is 81.2 cm³/mol. The Morgan fingerprint density at radius 2 is 1.85 bits per heavy atom. The van der Waals surface area contributed by atoms with Crippen LogP contribution in [0.15, 0.2) is 46.9 Å². The lowest BCUT2D eigenvalue weighted by Gasteiger charge is -2.13. The number of aliphatic hydroxyl groups excluding tert-OH is 1. The maximum atomic E-state index is 13.5. The molecule has 1 aliphatic rings. The minimum Gasteiger partial charge on any atom is -0.388 e. The number of rotatable bonds is 4. The van der Waals surface area contributed by atoms with E-state index in [1.807, 2.05) is 18.2 Å². The van der Waals surface area contributed by atoms with Crippen LogP contribution < -0.4 is 0 Å². The van der Waals surface area contributed by atoms with Gasteiger partial charge in [-0.1, -0.05) is 36.4 Å². The van der Waals surface area contributed by atoms with Crippen LogP contribution in [0.1, 0.15) is 41.6 Å². The van der Waals surface area contributed by atoms with Crippen molar-refractivity contribution in [3.05, 3.63) is 69.4 Å². The van der Waals surface area contributed by atoms with Crippen molar-refractivity contribution in [3.8, 4) is 0 Å². The molecule has 0 heterocycles. The molecule has 0 saturated heterocycles. The van der Waals surface area contributed by atoms with Crippen LogP contribution in [0, 0.1) is 5.82 Å². The van der Waals surface area contributed by atoms with Gasteiger partial charge in [-0.15, -0.1) is 0 Å². The topological polar surface area (TPSA) is 20.2 Å². The summed E-state index contributed by atoms with van der Waals surface area (Å²) in [5.74, 6) is 0.428. The van der Waals surface area contributed by atoms with Gasteiger partial charge in [0.05, 0.1) is 10.6 Å². The predicted octanol–water partition coefficient (Wildman–Crippen LogP) is 4.74. The van der Waals surface area contributed by atoms with Crippen LogP contribution >= 0.6 is 15.9 Å². The summed E-state index contributed by atoms with van der Waals surface area (Å²) >= 11 is 3.23. The lowest BCUT2D eigenvalue weighted by molar-refractivity contribution is 0.178. The van der Waals surface area contributed by atoms with Crippen LogP contribution in [0.3, 0.4) is 0 Å². The van der Waals surface area contributed by atoms with E-state index in [0.717, 1.165) is 17.0 Å². The molecule has 1 aliphatic carbocycles. The first-order valence-electron chi connectivity index (χ1n) is 6.86. The standard InChI is InChI=1S/C17H16BrFO/c18-17-14(2-1-3-15(17)19)10-16(20)13-8-6-12(7-9-13)11-4-5-11/h1-3,6-9,11,16,20H,4-5,10H2. The summed E-state index contributed by atoms with van der Waals surface area (Å²) in [6.45, 7) is 0. The second kappa shape index (κ2) is 5.66. The molecule has 20 heavy (non-hydrogen) atoms. The van der Waals surface area contributed by atoms with Crippen molar-refractivity contribution in [2.24, 2.45) is 0 Å². The highest BCUT2D eigenvalue weighted by Crippen LogP contribution is 2.40. The number of benzene rings is 2. The van der Waals surface area contributed by atoms with Gasteiger partial charge in [0.25, 0.3) is 0 Å². The number of aliphatic hydroxyl groups is 1. The average Bonchev–Trinajstić information content (AvgIpc) is 3.29. The maximum Gasteiger partial charge on any atom is 0.137 e. The molecule has 1 fully saturated rings. The minimum absolute atomic E-state index is 0.293. The highest BCUT2D eigenvalue weighted by atomic mass is 79.9. The summed E-state index contributed by atoms with van der Waals surface area (Å²) in [4.78, 5) is 0. The number of halogens is 2. The largest absolute Gasteiger partial charge is 0.388 e. The van der Waals surface area contributed by atoms with Crippen molar-refractivity contribution in [1.82, 2.24) is 0 Å². The van der Waals surface area contributed by atoms with Crippen molar-refractivity contribution in [3.63, 3.8) is 0 Å². The molecular formula is C17H16BrFO. The summed E-state index contributed by atoms with van der Waals surface area (Å²) in [5, 5.41) is 10.3. The molecule has 1 saturated carbocycles. The van der Waals surface area contributed by atoms with Gasteiger partial charge in [-0.05, 0) is 57.4 Å². The first-order chi connectivity index (χ1) is 9.65. The second-order valence-corrected chi connectivity index (χ2v) is 6.17. The molecule has 0 amide bonds. The smallest absolute Gasteiger partial charge is 0.137 e. The molecule has 1 N–H and O–H groups in total. The van der Waals surface area contributed by atoms with Gasteiger partial charge in [0.1, 0.15) is 5.82 Å². The van der Waals surface area contributed by atoms with Gasteiger partial charge in [0.2, 0.25) is 0 Å². The van der Waals surface area contributed by atoms with E-state index >= 15 is 0 Å². The third kappa shape index (κ3) is 2.94. The first kappa shape index (κ1) is 13.8. The molecule has 3 heteroatoms. The first-order valence-corrected chi connectivity index (χ1v) is 7.65. The van der Waals surface area contributed by atoms with E-state index in [4.69, 9.17) is 0 Å². The third-order valence-corrected chi connectivity index (χ3v) is 4.70. The highest BCUT2D eigenvalue weighted by Gasteiger charge is 2.23.